The Morgan fingerprint density at radius 1 is 1.33 bits per heavy atom. The average Bonchev–Trinajstić information content (AvgIpc) is 3.00. The van der Waals surface area contributed by atoms with E-state index < -0.39 is 0 Å². The topological polar surface area (TPSA) is 45.5 Å². The molecule has 2 heterocycles. The molecule has 2 saturated heterocycles. The Balaban J connectivity index is 1.82. The van der Waals surface area contributed by atoms with Crippen LogP contribution in [0.3, 0.4) is 0 Å². The largest absolute Gasteiger partial charge is 0.366 e. The summed E-state index contributed by atoms with van der Waals surface area (Å²) in [6, 6.07) is 7.97. The second-order valence-corrected chi connectivity index (χ2v) is 4.89. The van der Waals surface area contributed by atoms with Crippen molar-refractivity contribution in [3.05, 3.63) is 29.3 Å². The molecule has 0 atom stereocenters. The molecule has 2 fully saturated rings. The van der Waals surface area contributed by atoms with Gasteiger partial charge in [-0.05, 0) is 30.7 Å². The smallest absolute Gasteiger partial charge is 0.187 e. The van der Waals surface area contributed by atoms with Gasteiger partial charge in [0.05, 0.1) is 31.4 Å². The molecule has 0 unspecified atom stereocenters. The molecule has 0 radical (unpaired) electrons. The van der Waals surface area contributed by atoms with Crippen molar-refractivity contribution in [2.75, 3.05) is 31.2 Å². The quantitative estimate of drug-likeness (QED) is 0.756. The van der Waals surface area contributed by atoms with Crippen molar-refractivity contribution in [2.24, 2.45) is 0 Å². The number of nitriles is 1. The first-order valence-corrected chi connectivity index (χ1v) is 6.26. The van der Waals surface area contributed by atoms with Crippen LogP contribution in [-0.2, 0) is 9.47 Å². The molecule has 0 aliphatic carbocycles. The Hall–Kier alpha value is -1.57. The van der Waals surface area contributed by atoms with Crippen LogP contribution in [0.5, 0.6) is 0 Å². The summed E-state index contributed by atoms with van der Waals surface area (Å²) in [5.74, 6) is -0.389. The standard InChI is InChI=1S/C14H16N2O2/c1-11-8-12(9-15)2-3-13(11)16-5-4-14(10-16)17-6-7-18-14/h2-3,8H,4-7,10H2,1H3. The van der Waals surface area contributed by atoms with Gasteiger partial charge >= 0.3 is 0 Å². The SMILES string of the molecule is Cc1cc(C#N)ccc1N1CCC2(C1)OCCO2. The number of anilines is 1. The second kappa shape index (κ2) is 4.27. The van der Waals surface area contributed by atoms with Gasteiger partial charge in [-0.15, -0.1) is 0 Å². The number of hydrogen-bond acceptors (Lipinski definition) is 4. The Morgan fingerprint density at radius 3 is 2.78 bits per heavy atom. The number of benzene rings is 1. The highest BCUT2D eigenvalue weighted by molar-refractivity contribution is 5.57. The lowest BCUT2D eigenvalue weighted by molar-refractivity contribution is -0.137. The zero-order valence-electron chi connectivity index (χ0n) is 10.5. The molecule has 1 spiro atoms. The third-order valence-corrected chi connectivity index (χ3v) is 3.67. The lowest BCUT2D eigenvalue weighted by Gasteiger charge is -2.24. The van der Waals surface area contributed by atoms with Crippen molar-refractivity contribution in [1.82, 2.24) is 0 Å². The monoisotopic (exact) mass is 244 g/mol. The van der Waals surface area contributed by atoms with Crippen LogP contribution in [0.4, 0.5) is 5.69 Å². The first kappa shape index (κ1) is 11.5. The van der Waals surface area contributed by atoms with E-state index in [0.29, 0.717) is 18.8 Å². The highest BCUT2D eigenvalue weighted by atomic mass is 16.7. The maximum absolute atomic E-state index is 8.88. The number of nitrogens with zero attached hydrogens (tertiary/aromatic N) is 2. The van der Waals surface area contributed by atoms with Gasteiger partial charge in [0.2, 0.25) is 0 Å². The third-order valence-electron chi connectivity index (χ3n) is 3.67. The average molecular weight is 244 g/mol. The lowest BCUT2D eigenvalue weighted by atomic mass is 10.1. The van der Waals surface area contributed by atoms with Crippen LogP contribution in [0, 0.1) is 18.3 Å². The summed E-state index contributed by atoms with van der Waals surface area (Å²) >= 11 is 0. The molecule has 0 amide bonds. The number of rotatable bonds is 1. The highest BCUT2D eigenvalue weighted by Crippen LogP contribution is 2.34. The summed E-state index contributed by atoms with van der Waals surface area (Å²) < 4.78 is 11.4. The van der Waals surface area contributed by atoms with Gasteiger partial charge in [-0.1, -0.05) is 0 Å². The molecule has 1 aromatic rings. The predicted octanol–water partition coefficient (Wildman–Crippen LogP) is 1.82. The summed E-state index contributed by atoms with van der Waals surface area (Å²) in [7, 11) is 0. The summed E-state index contributed by atoms with van der Waals surface area (Å²) in [6.07, 6.45) is 0.909. The molecule has 1 aromatic carbocycles. The number of hydrogen-bond donors (Lipinski definition) is 0. The first-order chi connectivity index (χ1) is 8.72. The number of aryl methyl sites for hydroxylation is 1. The molecule has 18 heavy (non-hydrogen) atoms. The van der Waals surface area contributed by atoms with Crippen LogP contribution < -0.4 is 4.90 Å². The normalized spacial score (nSPS) is 21.4. The summed E-state index contributed by atoms with van der Waals surface area (Å²) in [5.41, 5.74) is 3.01. The molecule has 3 rings (SSSR count). The Labute approximate surface area is 107 Å². The van der Waals surface area contributed by atoms with Crippen LogP contribution in [0.1, 0.15) is 17.5 Å². The zero-order valence-corrected chi connectivity index (χ0v) is 10.5. The third kappa shape index (κ3) is 1.86. The molecule has 4 heteroatoms. The van der Waals surface area contributed by atoms with E-state index in [1.54, 1.807) is 0 Å². The van der Waals surface area contributed by atoms with Crippen molar-refractivity contribution in [3.8, 4) is 6.07 Å². The van der Waals surface area contributed by atoms with Gasteiger partial charge in [-0.3, -0.25) is 0 Å². The van der Waals surface area contributed by atoms with Gasteiger partial charge in [0.25, 0.3) is 0 Å². The van der Waals surface area contributed by atoms with Crippen molar-refractivity contribution in [3.63, 3.8) is 0 Å². The van der Waals surface area contributed by atoms with Crippen molar-refractivity contribution in [2.45, 2.75) is 19.1 Å². The van der Waals surface area contributed by atoms with E-state index in [0.717, 1.165) is 25.1 Å². The fourth-order valence-electron chi connectivity index (χ4n) is 2.77. The fourth-order valence-corrected chi connectivity index (χ4v) is 2.77. The first-order valence-electron chi connectivity index (χ1n) is 6.26. The van der Waals surface area contributed by atoms with Crippen LogP contribution in [0.25, 0.3) is 0 Å². The summed E-state index contributed by atoms with van der Waals surface area (Å²) in [5, 5.41) is 8.88. The minimum atomic E-state index is -0.389. The lowest BCUT2D eigenvalue weighted by Crippen LogP contribution is -2.34. The zero-order chi connectivity index (χ0) is 12.6. The van der Waals surface area contributed by atoms with Gasteiger partial charge in [0, 0.05) is 18.7 Å². The molecule has 0 N–H and O–H groups in total. The second-order valence-electron chi connectivity index (χ2n) is 4.89. The summed E-state index contributed by atoms with van der Waals surface area (Å²) in [4.78, 5) is 2.28. The van der Waals surface area contributed by atoms with Crippen molar-refractivity contribution >= 4 is 5.69 Å². The van der Waals surface area contributed by atoms with Gasteiger partial charge in [-0.2, -0.15) is 5.26 Å². The van der Waals surface area contributed by atoms with Crippen LogP contribution >= 0.6 is 0 Å². The molecule has 2 aliphatic heterocycles. The van der Waals surface area contributed by atoms with Crippen molar-refractivity contribution in [1.29, 1.82) is 5.26 Å². The minimum Gasteiger partial charge on any atom is -0.366 e. The van der Waals surface area contributed by atoms with E-state index in [9.17, 15) is 0 Å². The summed E-state index contributed by atoms with van der Waals surface area (Å²) in [6.45, 7) is 5.14. The van der Waals surface area contributed by atoms with E-state index >= 15 is 0 Å². The predicted molar refractivity (Wildman–Crippen MR) is 67.4 cm³/mol. The molecule has 0 bridgehead atoms. The fraction of sp³-hybridized carbons (Fsp3) is 0.500. The Bertz CT molecular complexity index is 501. The van der Waals surface area contributed by atoms with E-state index in [2.05, 4.69) is 11.0 Å². The van der Waals surface area contributed by atoms with Gasteiger partial charge in [0.1, 0.15) is 0 Å². The maximum atomic E-state index is 8.88. The van der Waals surface area contributed by atoms with Crippen LogP contribution in [0.2, 0.25) is 0 Å². The molecular weight excluding hydrogens is 228 g/mol. The van der Waals surface area contributed by atoms with Crippen LogP contribution in [-0.4, -0.2) is 32.1 Å². The Morgan fingerprint density at radius 2 is 2.11 bits per heavy atom. The van der Waals surface area contributed by atoms with E-state index in [1.807, 2.05) is 25.1 Å². The molecule has 4 nitrogen and oxygen atoms in total. The maximum Gasteiger partial charge on any atom is 0.187 e. The van der Waals surface area contributed by atoms with Crippen LogP contribution in [0.15, 0.2) is 18.2 Å². The van der Waals surface area contributed by atoms with Gasteiger partial charge in [-0.25, -0.2) is 0 Å². The van der Waals surface area contributed by atoms with Gasteiger partial charge in [0.15, 0.2) is 5.79 Å². The van der Waals surface area contributed by atoms with E-state index in [-0.39, 0.29) is 5.79 Å². The van der Waals surface area contributed by atoms with Crippen molar-refractivity contribution < 1.29 is 9.47 Å². The molecule has 94 valence electrons. The molecule has 2 aliphatic rings. The molecular formula is C14H16N2O2. The molecule has 0 aromatic heterocycles. The minimum absolute atomic E-state index is 0.389. The van der Waals surface area contributed by atoms with Gasteiger partial charge < -0.3 is 14.4 Å². The van der Waals surface area contributed by atoms with E-state index in [4.69, 9.17) is 14.7 Å². The van der Waals surface area contributed by atoms with E-state index in [1.165, 1.54) is 5.69 Å². The Kier molecular flexibility index (Phi) is 2.73. The highest BCUT2D eigenvalue weighted by Gasteiger charge is 2.43. The number of ether oxygens (including phenoxy) is 2. The molecule has 0 saturated carbocycles.